The highest BCUT2D eigenvalue weighted by molar-refractivity contribution is 5.88. The average Bonchev–Trinajstić information content (AvgIpc) is 3.09. The van der Waals surface area contributed by atoms with Gasteiger partial charge in [0.05, 0.1) is 5.56 Å². The standard InChI is InChI=1S/C19H24O4/c1-18(2,3)23-16(20)10-14-11-19(14)8-4-5-12-9-13(17(21)22)6-7-15(12)19/h6-7,9,14H,4-5,8,10-11H2,1-3H3,(H,21,22). The zero-order valence-electron chi connectivity index (χ0n) is 14.0. The summed E-state index contributed by atoms with van der Waals surface area (Å²) < 4.78 is 5.44. The van der Waals surface area contributed by atoms with Gasteiger partial charge in [0.2, 0.25) is 0 Å². The molecule has 1 aromatic rings. The van der Waals surface area contributed by atoms with Crippen molar-refractivity contribution in [1.82, 2.24) is 0 Å². The molecule has 0 aromatic heterocycles. The van der Waals surface area contributed by atoms with E-state index in [1.165, 1.54) is 5.56 Å². The summed E-state index contributed by atoms with van der Waals surface area (Å²) in [7, 11) is 0. The van der Waals surface area contributed by atoms with Gasteiger partial charge in [-0.15, -0.1) is 0 Å². The third-order valence-corrected chi connectivity index (χ3v) is 5.02. The molecule has 0 saturated heterocycles. The van der Waals surface area contributed by atoms with Crippen molar-refractivity contribution in [1.29, 1.82) is 0 Å². The number of carboxylic acids is 1. The summed E-state index contributed by atoms with van der Waals surface area (Å²) in [5, 5.41) is 9.15. The predicted octanol–water partition coefficient (Wildman–Crippen LogP) is 3.71. The first-order valence-electron chi connectivity index (χ1n) is 8.30. The normalized spacial score (nSPS) is 25.8. The van der Waals surface area contributed by atoms with Gasteiger partial charge >= 0.3 is 11.9 Å². The van der Waals surface area contributed by atoms with Crippen LogP contribution < -0.4 is 0 Å². The molecule has 0 aliphatic heterocycles. The van der Waals surface area contributed by atoms with E-state index < -0.39 is 11.6 Å². The number of hydrogen-bond donors (Lipinski definition) is 1. The van der Waals surface area contributed by atoms with Crippen LogP contribution in [0.5, 0.6) is 0 Å². The zero-order chi connectivity index (χ0) is 16.8. The van der Waals surface area contributed by atoms with Crippen LogP contribution >= 0.6 is 0 Å². The topological polar surface area (TPSA) is 63.6 Å². The second-order valence-corrected chi connectivity index (χ2v) is 7.88. The lowest BCUT2D eigenvalue weighted by molar-refractivity contribution is -0.155. The number of carbonyl (C=O) groups excluding carboxylic acids is 1. The van der Waals surface area contributed by atoms with Gasteiger partial charge in [-0.1, -0.05) is 6.07 Å². The van der Waals surface area contributed by atoms with E-state index in [1.807, 2.05) is 26.8 Å². The van der Waals surface area contributed by atoms with Crippen LogP contribution in [0.1, 0.15) is 67.9 Å². The van der Waals surface area contributed by atoms with E-state index in [0.717, 1.165) is 31.2 Å². The first kappa shape index (κ1) is 16.0. The Morgan fingerprint density at radius 1 is 1.35 bits per heavy atom. The Kier molecular flexibility index (Phi) is 3.74. The monoisotopic (exact) mass is 316 g/mol. The van der Waals surface area contributed by atoms with Crippen LogP contribution in [-0.2, 0) is 21.4 Å². The van der Waals surface area contributed by atoms with Gasteiger partial charge in [-0.05, 0) is 81.0 Å². The van der Waals surface area contributed by atoms with Crippen LogP contribution in [0.2, 0.25) is 0 Å². The SMILES string of the molecule is CC(C)(C)OC(=O)CC1CC12CCCc1cc(C(=O)O)ccc12. The fraction of sp³-hybridized carbons (Fsp3) is 0.579. The zero-order valence-corrected chi connectivity index (χ0v) is 14.0. The van der Waals surface area contributed by atoms with E-state index in [0.29, 0.717) is 17.9 Å². The molecule has 4 nitrogen and oxygen atoms in total. The van der Waals surface area contributed by atoms with Crippen molar-refractivity contribution in [3.05, 3.63) is 34.9 Å². The Balaban J connectivity index is 1.77. The molecule has 4 heteroatoms. The Morgan fingerprint density at radius 3 is 2.74 bits per heavy atom. The second-order valence-electron chi connectivity index (χ2n) is 7.88. The Bertz CT molecular complexity index is 656. The number of aromatic carboxylic acids is 1. The summed E-state index contributed by atoms with van der Waals surface area (Å²) >= 11 is 0. The highest BCUT2D eigenvalue weighted by atomic mass is 16.6. The second kappa shape index (κ2) is 5.36. The molecular weight excluding hydrogens is 292 g/mol. The van der Waals surface area contributed by atoms with Gasteiger partial charge in [0.1, 0.15) is 5.60 Å². The van der Waals surface area contributed by atoms with Crippen LogP contribution in [-0.4, -0.2) is 22.6 Å². The summed E-state index contributed by atoms with van der Waals surface area (Å²) in [6.07, 6.45) is 4.53. The van der Waals surface area contributed by atoms with E-state index in [1.54, 1.807) is 12.1 Å². The Labute approximate surface area is 136 Å². The highest BCUT2D eigenvalue weighted by Gasteiger charge is 2.57. The molecular formula is C19H24O4. The molecule has 1 aromatic carbocycles. The van der Waals surface area contributed by atoms with Crippen molar-refractivity contribution in [2.24, 2.45) is 5.92 Å². The largest absolute Gasteiger partial charge is 0.478 e. The van der Waals surface area contributed by atoms with Gasteiger partial charge in [-0.2, -0.15) is 0 Å². The quantitative estimate of drug-likeness (QED) is 0.863. The molecule has 1 fully saturated rings. The number of rotatable bonds is 3. The average molecular weight is 316 g/mol. The minimum atomic E-state index is -0.881. The molecule has 1 saturated carbocycles. The molecule has 0 radical (unpaired) electrons. The first-order chi connectivity index (χ1) is 10.7. The number of hydrogen-bond acceptors (Lipinski definition) is 3. The predicted molar refractivity (Wildman–Crippen MR) is 86.6 cm³/mol. The van der Waals surface area contributed by atoms with Crippen molar-refractivity contribution >= 4 is 11.9 Å². The number of esters is 1. The van der Waals surface area contributed by atoms with Crippen LogP contribution in [0, 0.1) is 5.92 Å². The van der Waals surface area contributed by atoms with Crippen molar-refractivity contribution < 1.29 is 19.4 Å². The molecule has 2 aliphatic rings. The molecule has 2 aliphatic carbocycles. The van der Waals surface area contributed by atoms with Gasteiger partial charge in [0.25, 0.3) is 0 Å². The smallest absolute Gasteiger partial charge is 0.335 e. The van der Waals surface area contributed by atoms with E-state index in [4.69, 9.17) is 9.84 Å². The van der Waals surface area contributed by atoms with Crippen LogP contribution in [0.4, 0.5) is 0 Å². The number of aryl methyl sites for hydroxylation is 1. The number of carbonyl (C=O) groups is 2. The molecule has 2 unspecified atom stereocenters. The van der Waals surface area contributed by atoms with Gasteiger partial charge < -0.3 is 9.84 Å². The van der Waals surface area contributed by atoms with Crippen molar-refractivity contribution in [3.63, 3.8) is 0 Å². The molecule has 2 atom stereocenters. The lowest BCUT2D eigenvalue weighted by Gasteiger charge is -2.27. The molecule has 23 heavy (non-hydrogen) atoms. The Hall–Kier alpha value is -1.84. The maximum Gasteiger partial charge on any atom is 0.335 e. The van der Waals surface area contributed by atoms with Crippen LogP contribution in [0.3, 0.4) is 0 Å². The summed E-state index contributed by atoms with van der Waals surface area (Å²) in [5.74, 6) is -0.686. The highest BCUT2D eigenvalue weighted by Crippen LogP contribution is 2.61. The molecule has 0 bridgehead atoms. The molecule has 1 spiro atoms. The van der Waals surface area contributed by atoms with Crippen molar-refractivity contribution in [2.75, 3.05) is 0 Å². The molecule has 3 rings (SSSR count). The van der Waals surface area contributed by atoms with E-state index in [2.05, 4.69) is 0 Å². The van der Waals surface area contributed by atoms with E-state index >= 15 is 0 Å². The summed E-state index contributed by atoms with van der Waals surface area (Å²) in [6.45, 7) is 5.66. The number of fused-ring (bicyclic) bond motifs is 2. The fourth-order valence-electron chi connectivity index (χ4n) is 4.02. The maximum absolute atomic E-state index is 12.1. The van der Waals surface area contributed by atoms with Gasteiger partial charge in [0, 0.05) is 6.42 Å². The van der Waals surface area contributed by atoms with Crippen LogP contribution in [0.15, 0.2) is 18.2 Å². The summed E-state index contributed by atoms with van der Waals surface area (Å²) in [4.78, 5) is 23.2. The third-order valence-electron chi connectivity index (χ3n) is 5.02. The fourth-order valence-corrected chi connectivity index (χ4v) is 4.02. The number of benzene rings is 1. The van der Waals surface area contributed by atoms with Gasteiger partial charge in [-0.3, -0.25) is 4.79 Å². The van der Waals surface area contributed by atoms with Crippen molar-refractivity contribution in [3.8, 4) is 0 Å². The lowest BCUT2D eigenvalue weighted by Crippen LogP contribution is -2.25. The number of carboxylic acid groups (broad SMARTS) is 1. The minimum absolute atomic E-state index is 0.0710. The molecule has 0 heterocycles. The summed E-state index contributed by atoms with van der Waals surface area (Å²) in [5.41, 5.74) is 2.37. The third kappa shape index (κ3) is 3.12. The van der Waals surface area contributed by atoms with Gasteiger partial charge in [-0.25, -0.2) is 4.79 Å². The van der Waals surface area contributed by atoms with E-state index in [9.17, 15) is 9.59 Å². The van der Waals surface area contributed by atoms with E-state index in [-0.39, 0.29) is 11.4 Å². The number of ether oxygens (including phenoxy) is 1. The molecule has 0 amide bonds. The first-order valence-corrected chi connectivity index (χ1v) is 8.30. The minimum Gasteiger partial charge on any atom is -0.478 e. The molecule has 124 valence electrons. The van der Waals surface area contributed by atoms with Crippen molar-refractivity contribution in [2.45, 2.75) is 63.9 Å². The molecule has 1 N–H and O–H groups in total. The Morgan fingerprint density at radius 2 is 2.09 bits per heavy atom. The summed E-state index contributed by atoms with van der Waals surface area (Å²) in [6, 6.07) is 5.46. The lowest BCUT2D eigenvalue weighted by atomic mass is 9.77. The van der Waals surface area contributed by atoms with Gasteiger partial charge in [0.15, 0.2) is 0 Å². The maximum atomic E-state index is 12.1. The van der Waals surface area contributed by atoms with Crippen LogP contribution in [0.25, 0.3) is 0 Å².